The Kier molecular flexibility index (Phi) is 5.12. The van der Waals surface area contributed by atoms with Gasteiger partial charge in [0.15, 0.2) is 5.82 Å². The summed E-state index contributed by atoms with van der Waals surface area (Å²) < 4.78 is 0. The number of fused-ring (bicyclic) bond motifs is 1. The third-order valence-electron chi connectivity index (χ3n) is 3.46. The average Bonchev–Trinajstić information content (AvgIpc) is 3.13. The summed E-state index contributed by atoms with van der Waals surface area (Å²) in [5, 5.41) is 6.17. The highest BCUT2D eigenvalue weighted by Gasteiger charge is 2.18. The van der Waals surface area contributed by atoms with Crippen LogP contribution in [0.1, 0.15) is 35.5 Å². The first kappa shape index (κ1) is 17.9. The van der Waals surface area contributed by atoms with Crippen molar-refractivity contribution in [1.29, 1.82) is 0 Å². The first-order chi connectivity index (χ1) is 11.8. The third-order valence-corrected chi connectivity index (χ3v) is 5.84. The summed E-state index contributed by atoms with van der Waals surface area (Å²) in [7, 11) is 4.09. The van der Waals surface area contributed by atoms with Crippen molar-refractivity contribution in [2.75, 3.05) is 19.5 Å². The van der Waals surface area contributed by atoms with Crippen LogP contribution >= 0.6 is 22.7 Å². The van der Waals surface area contributed by atoms with Gasteiger partial charge in [-0.05, 0) is 25.6 Å². The van der Waals surface area contributed by atoms with Gasteiger partial charge in [-0.1, -0.05) is 20.8 Å². The van der Waals surface area contributed by atoms with Crippen LogP contribution in [0.25, 0.3) is 10.2 Å². The number of hydrogen-bond donors (Lipinski definition) is 1. The first-order valence-corrected chi connectivity index (χ1v) is 9.60. The highest BCUT2D eigenvalue weighted by atomic mass is 32.1. The lowest BCUT2D eigenvalue weighted by Crippen LogP contribution is -2.09. The monoisotopic (exact) mass is 374 g/mol. The molecular formula is C17H22N6S2. The minimum absolute atomic E-state index is 0.0929. The molecule has 0 aliphatic rings. The molecule has 0 aromatic carbocycles. The van der Waals surface area contributed by atoms with Crippen molar-refractivity contribution in [3.05, 3.63) is 33.4 Å². The fourth-order valence-electron chi connectivity index (χ4n) is 2.23. The predicted octanol–water partition coefficient (Wildman–Crippen LogP) is 3.95. The summed E-state index contributed by atoms with van der Waals surface area (Å²) in [6.45, 7) is 7.48. The van der Waals surface area contributed by atoms with Gasteiger partial charge in [-0.2, -0.15) is 5.10 Å². The zero-order valence-electron chi connectivity index (χ0n) is 15.1. The predicted molar refractivity (Wildman–Crippen MR) is 107 cm³/mol. The number of anilines is 1. The van der Waals surface area contributed by atoms with E-state index in [0.29, 0.717) is 0 Å². The third kappa shape index (κ3) is 4.39. The molecule has 0 saturated heterocycles. The topological polar surface area (TPSA) is 66.3 Å². The smallest absolute Gasteiger partial charge is 0.158 e. The van der Waals surface area contributed by atoms with E-state index in [-0.39, 0.29) is 5.41 Å². The SMILES string of the molecule is CN(C)Cc1cnc(C=NNc2ncnc3sc(C(C)(C)C)cc23)s1. The molecule has 3 aromatic rings. The van der Waals surface area contributed by atoms with E-state index in [4.69, 9.17) is 0 Å². The van der Waals surface area contributed by atoms with Gasteiger partial charge in [0.1, 0.15) is 16.2 Å². The van der Waals surface area contributed by atoms with Crippen LogP contribution < -0.4 is 5.43 Å². The Labute approximate surface area is 155 Å². The summed E-state index contributed by atoms with van der Waals surface area (Å²) in [4.78, 5) is 18.7. The molecule has 3 aromatic heterocycles. The van der Waals surface area contributed by atoms with Crippen LogP contribution in [0.15, 0.2) is 23.7 Å². The Balaban J connectivity index is 1.76. The van der Waals surface area contributed by atoms with Gasteiger partial charge >= 0.3 is 0 Å². The molecule has 3 rings (SSSR count). The molecule has 0 aliphatic carbocycles. The number of thiophene rings is 1. The van der Waals surface area contributed by atoms with Crippen LogP contribution in [0.2, 0.25) is 0 Å². The number of hydrazone groups is 1. The van der Waals surface area contributed by atoms with Crippen molar-refractivity contribution in [1.82, 2.24) is 19.9 Å². The first-order valence-electron chi connectivity index (χ1n) is 7.96. The molecular weight excluding hydrogens is 352 g/mol. The zero-order valence-corrected chi connectivity index (χ0v) is 16.7. The maximum Gasteiger partial charge on any atom is 0.158 e. The number of aromatic nitrogens is 3. The fourth-order valence-corrected chi connectivity index (χ4v) is 4.19. The number of nitrogens with one attached hydrogen (secondary N) is 1. The average molecular weight is 375 g/mol. The Hall–Kier alpha value is -1.90. The van der Waals surface area contributed by atoms with E-state index in [9.17, 15) is 0 Å². The number of nitrogens with zero attached hydrogens (tertiary/aromatic N) is 5. The molecule has 3 heterocycles. The maximum atomic E-state index is 4.37. The molecule has 0 atom stereocenters. The second-order valence-electron chi connectivity index (χ2n) is 7.07. The molecule has 0 radical (unpaired) electrons. The van der Waals surface area contributed by atoms with Crippen LogP contribution in [0.3, 0.4) is 0 Å². The van der Waals surface area contributed by atoms with E-state index < -0.39 is 0 Å². The van der Waals surface area contributed by atoms with Crippen LogP contribution in [0.5, 0.6) is 0 Å². The zero-order chi connectivity index (χ0) is 18.0. The lowest BCUT2D eigenvalue weighted by Gasteiger charge is -2.14. The van der Waals surface area contributed by atoms with Crippen molar-refractivity contribution in [3.63, 3.8) is 0 Å². The second-order valence-corrected chi connectivity index (χ2v) is 9.25. The fraction of sp³-hybridized carbons (Fsp3) is 0.412. The van der Waals surface area contributed by atoms with Gasteiger partial charge in [0.2, 0.25) is 0 Å². The van der Waals surface area contributed by atoms with Crippen molar-refractivity contribution in [2.24, 2.45) is 5.10 Å². The van der Waals surface area contributed by atoms with E-state index in [2.05, 4.69) is 57.2 Å². The molecule has 0 saturated carbocycles. The van der Waals surface area contributed by atoms with Gasteiger partial charge in [0.25, 0.3) is 0 Å². The highest BCUT2D eigenvalue weighted by molar-refractivity contribution is 7.18. The molecule has 0 aliphatic heterocycles. The molecule has 0 bridgehead atoms. The minimum Gasteiger partial charge on any atom is -0.304 e. The van der Waals surface area contributed by atoms with E-state index >= 15 is 0 Å². The maximum absolute atomic E-state index is 4.37. The Morgan fingerprint density at radius 2 is 2.00 bits per heavy atom. The Morgan fingerprint density at radius 3 is 2.72 bits per heavy atom. The van der Waals surface area contributed by atoms with Crippen molar-refractivity contribution in [2.45, 2.75) is 32.7 Å². The summed E-state index contributed by atoms with van der Waals surface area (Å²) in [6.07, 6.45) is 5.19. The van der Waals surface area contributed by atoms with Crippen LogP contribution in [-0.2, 0) is 12.0 Å². The molecule has 1 N–H and O–H groups in total. The summed E-state index contributed by atoms with van der Waals surface area (Å²) in [5.74, 6) is 0.720. The molecule has 8 heteroatoms. The van der Waals surface area contributed by atoms with Crippen LogP contribution in [-0.4, -0.2) is 40.2 Å². The number of rotatable bonds is 5. The van der Waals surface area contributed by atoms with Crippen molar-refractivity contribution >= 4 is 44.9 Å². The molecule has 0 unspecified atom stereocenters. The van der Waals surface area contributed by atoms with Gasteiger partial charge in [-0.15, -0.1) is 22.7 Å². The van der Waals surface area contributed by atoms with E-state index in [1.165, 1.54) is 9.75 Å². The Bertz CT molecular complexity index is 888. The van der Waals surface area contributed by atoms with Crippen LogP contribution in [0.4, 0.5) is 5.82 Å². The van der Waals surface area contributed by atoms with Gasteiger partial charge in [-0.25, -0.2) is 15.0 Å². The van der Waals surface area contributed by atoms with E-state index in [1.807, 2.05) is 20.3 Å². The van der Waals surface area contributed by atoms with Crippen LogP contribution in [0, 0.1) is 0 Å². The van der Waals surface area contributed by atoms with Crippen molar-refractivity contribution in [3.8, 4) is 0 Å². The van der Waals surface area contributed by atoms with Gasteiger partial charge < -0.3 is 4.90 Å². The van der Waals surface area contributed by atoms with Gasteiger partial charge in [-0.3, -0.25) is 5.43 Å². The Morgan fingerprint density at radius 1 is 1.20 bits per heavy atom. The molecule has 132 valence electrons. The van der Waals surface area contributed by atoms with Gasteiger partial charge in [0, 0.05) is 22.5 Å². The lowest BCUT2D eigenvalue weighted by atomic mass is 9.94. The lowest BCUT2D eigenvalue weighted by molar-refractivity contribution is 0.406. The summed E-state index contributed by atoms with van der Waals surface area (Å²) in [6, 6.07) is 2.15. The molecule has 25 heavy (non-hydrogen) atoms. The summed E-state index contributed by atoms with van der Waals surface area (Å²) in [5.41, 5.74) is 3.13. The molecule has 0 spiro atoms. The molecule has 0 fully saturated rings. The minimum atomic E-state index is 0.0929. The normalized spacial score (nSPS) is 12.6. The number of thiazole rings is 1. The highest BCUT2D eigenvalue weighted by Crippen LogP contribution is 2.35. The van der Waals surface area contributed by atoms with Crippen molar-refractivity contribution < 1.29 is 0 Å². The van der Waals surface area contributed by atoms with E-state index in [1.54, 1.807) is 35.2 Å². The van der Waals surface area contributed by atoms with E-state index in [0.717, 1.165) is 27.6 Å². The summed E-state index contributed by atoms with van der Waals surface area (Å²) >= 11 is 3.33. The number of hydrogen-bond acceptors (Lipinski definition) is 8. The molecule has 6 nitrogen and oxygen atoms in total. The second kappa shape index (κ2) is 7.15. The standard InChI is InChI=1S/C17H22N6S2/c1-17(2,3)13-6-12-15(19-10-20-16(12)25-13)22-21-8-14-18-7-11(24-14)9-23(4)5/h6-8,10H,9H2,1-5H3,(H,19,20,22). The molecule has 0 amide bonds. The quantitative estimate of drug-likeness (QED) is 0.541. The van der Waals surface area contributed by atoms with Gasteiger partial charge in [0.05, 0.1) is 11.6 Å². The largest absolute Gasteiger partial charge is 0.304 e.